The fraction of sp³-hybridized carbons (Fsp3) is 0.200. The van der Waals surface area contributed by atoms with Crippen molar-refractivity contribution in [1.82, 2.24) is 5.32 Å². The molecule has 2 saturated heterocycles. The van der Waals surface area contributed by atoms with Gasteiger partial charge < -0.3 is 5.11 Å². The van der Waals surface area contributed by atoms with E-state index in [0.717, 1.165) is 16.0 Å². The van der Waals surface area contributed by atoms with Crippen molar-refractivity contribution >= 4 is 35.3 Å². The highest BCUT2D eigenvalue weighted by atomic mass is 16.4. The molecular formula is C30H26N2O5. The van der Waals surface area contributed by atoms with Gasteiger partial charge in [-0.15, -0.1) is 0 Å². The van der Waals surface area contributed by atoms with Crippen molar-refractivity contribution in [3.05, 3.63) is 108 Å². The molecule has 2 heterocycles. The monoisotopic (exact) mass is 494 g/mol. The lowest BCUT2D eigenvalue weighted by Crippen LogP contribution is -2.58. The molecule has 0 bridgehead atoms. The van der Waals surface area contributed by atoms with Crippen LogP contribution in [-0.4, -0.2) is 40.3 Å². The van der Waals surface area contributed by atoms with E-state index >= 15 is 0 Å². The van der Waals surface area contributed by atoms with Gasteiger partial charge >= 0.3 is 5.97 Å². The quantitative estimate of drug-likeness (QED) is 0.383. The van der Waals surface area contributed by atoms with Crippen LogP contribution in [0.1, 0.15) is 28.4 Å². The summed E-state index contributed by atoms with van der Waals surface area (Å²) in [5.41, 5.74) is 0.730. The molecule has 2 fully saturated rings. The van der Waals surface area contributed by atoms with E-state index in [1.165, 1.54) is 6.92 Å². The van der Waals surface area contributed by atoms with E-state index in [4.69, 9.17) is 0 Å². The molecule has 4 unspecified atom stereocenters. The first-order chi connectivity index (χ1) is 17.8. The van der Waals surface area contributed by atoms with Gasteiger partial charge in [-0.1, -0.05) is 72.8 Å². The van der Waals surface area contributed by atoms with Gasteiger partial charge in [0.15, 0.2) is 5.78 Å². The molecule has 4 atom stereocenters. The number of Topliss-reactive ketones (excluding diaryl/α,β-unsaturated/α-hetero) is 1. The topological polar surface area (TPSA) is 104 Å². The van der Waals surface area contributed by atoms with Crippen LogP contribution in [0.5, 0.6) is 0 Å². The van der Waals surface area contributed by atoms with E-state index in [9.17, 15) is 24.3 Å². The molecule has 0 aromatic heterocycles. The number of anilines is 1. The molecular weight excluding hydrogens is 468 g/mol. The standard InChI is InChI=1S/C30H26N2O5/c1-19(33)22-13-15-23(16-14-22)32-27(34)25-24(17-12-20-8-4-2-5-9-20)31-30(29(36)37,26(25)28(32)35)18-21-10-6-3-7-11-21/h2-17,24-26,31H,18H2,1H3,(H,36,37)/b17-12+. The average Bonchev–Trinajstić information content (AvgIpc) is 3.37. The minimum atomic E-state index is -1.68. The lowest BCUT2D eigenvalue weighted by molar-refractivity contribution is -0.148. The van der Waals surface area contributed by atoms with Gasteiger partial charge in [0.05, 0.1) is 17.5 Å². The Labute approximate surface area is 214 Å². The fourth-order valence-electron chi connectivity index (χ4n) is 5.44. The van der Waals surface area contributed by atoms with Crippen LogP contribution in [0.25, 0.3) is 6.08 Å². The van der Waals surface area contributed by atoms with Crippen LogP contribution < -0.4 is 10.2 Å². The summed E-state index contributed by atoms with van der Waals surface area (Å²) >= 11 is 0. The van der Waals surface area contributed by atoms with Crippen LogP contribution in [0.3, 0.4) is 0 Å². The Bertz CT molecular complexity index is 1380. The van der Waals surface area contributed by atoms with Gasteiger partial charge in [0.25, 0.3) is 0 Å². The van der Waals surface area contributed by atoms with Crippen LogP contribution in [0.4, 0.5) is 5.69 Å². The smallest absolute Gasteiger partial charge is 0.325 e. The SMILES string of the molecule is CC(=O)c1ccc(N2C(=O)C3C(/C=C/c4ccccc4)NC(Cc4ccccc4)(C(=O)O)C3C2=O)cc1. The van der Waals surface area contributed by atoms with Crippen molar-refractivity contribution in [2.75, 3.05) is 4.90 Å². The van der Waals surface area contributed by atoms with Crippen LogP contribution in [0, 0.1) is 11.8 Å². The lowest BCUT2D eigenvalue weighted by atomic mass is 9.76. The van der Waals surface area contributed by atoms with Crippen LogP contribution in [-0.2, 0) is 20.8 Å². The molecule has 2 aliphatic heterocycles. The number of imide groups is 1. The third-order valence-electron chi connectivity index (χ3n) is 7.23. The molecule has 7 nitrogen and oxygen atoms in total. The number of carboxylic acids is 1. The Kier molecular flexibility index (Phi) is 6.31. The van der Waals surface area contributed by atoms with Crippen molar-refractivity contribution < 1.29 is 24.3 Å². The van der Waals surface area contributed by atoms with E-state index < -0.39 is 41.2 Å². The van der Waals surface area contributed by atoms with E-state index in [1.54, 1.807) is 30.3 Å². The lowest BCUT2D eigenvalue weighted by Gasteiger charge is -2.31. The highest BCUT2D eigenvalue weighted by Crippen LogP contribution is 2.46. The molecule has 37 heavy (non-hydrogen) atoms. The number of amides is 2. The van der Waals surface area contributed by atoms with Gasteiger partial charge in [-0.25, -0.2) is 4.90 Å². The summed E-state index contributed by atoms with van der Waals surface area (Å²) in [5.74, 6) is -4.36. The van der Waals surface area contributed by atoms with Crippen molar-refractivity contribution in [1.29, 1.82) is 0 Å². The second-order valence-electron chi connectivity index (χ2n) is 9.50. The summed E-state index contributed by atoms with van der Waals surface area (Å²) in [6.07, 6.45) is 3.64. The summed E-state index contributed by atoms with van der Waals surface area (Å²) in [6.45, 7) is 1.44. The Morgan fingerprint density at radius 3 is 2.14 bits per heavy atom. The summed E-state index contributed by atoms with van der Waals surface area (Å²) in [6, 6.07) is 24.1. The second-order valence-corrected chi connectivity index (χ2v) is 9.50. The maximum absolute atomic E-state index is 13.9. The maximum Gasteiger partial charge on any atom is 0.325 e. The van der Waals surface area contributed by atoms with E-state index in [2.05, 4.69) is 5.32 Å². The molecule has 0 radical (unpaired) electrons. The number of carbonyl (C=O) groups is 4. The number of benzene rings is 3. The number of aliphatic carboxylic acids is 1. The highest BCUT2D eigenvalue weighted by molar-refractivity contribution is 6.24. The van der Waals surface area contributed by atoms with Gasteiger partial charge in [0.1, 0.15) is 5.54 Å². The summed E-state index contributed by atoms with van der Waals surface area (Å²) in [5, 5.41) is 13.7. The predicted octanol–water partition coefficient (Wildman–Crippen LogP) is 3.75. The summed E-state index contributed by atoms with van der Waals surface area (Å²) in [7, 11) is 0. The van der Waals surface area contributed by atoms with Gasteiger partial charge in [0, 0.05) is 18.0 Å². The number of hydrogen-bond donors (Lipinski definition) is 2. The fourth-order valence-corrected chi connectivity index (χ4v) is 5.44. The number of hydrogen-bond acceptors (Lipinski definition) is 5. The Morgan fingerprint density at radius 1 is 0.919 bits per heavy atom. The number of carbonyl (C=O) groups excluding carboxylic acids is 3. The molecule has 2 amide bonds. The first-order valence-electron chi connectivity index (χ1n) is 12.1. The Balaban J connectivity index is 1.58. The minimum Gasteiger partial charge on any atom is -0.480 e. The Morgan fingerprint density at radius 2 is 1.54 bits per heavy atom. The number of ketones is 1. The van der Waals surface area contributed by atoms with Crippen LogP contribution >= 0.6 is 0 Å². The van der Waals surface area contributed by atoms with Gasteiger partial charge in [-0.3, -0.25) is 24.5 Å². The third kappa shape index (κ3) is 4.27. The third-order valence-corrected chi connectivity index (χ3v) is 7.23. The summed E-state index contributed by atoms with van der Waals surface area (Å²) in [4.78, 5) is 53.3. The van der Waals surface area contributed by atoms with Crippen molar-refractivity contribution in [3.8, 4) is 0 Å². The number of nitrogens with zero attached hydrogens (tertiary/aromatic N) is 1. The molecule has 7 heteroatoms. The first-order valence-corrected chi connectivity index (χ1v) is 12.1. The van der Waals surface area contributed by atoms with Gasteiger partial charge in [-0.2, -0.15) is 0 Å². The predicted molar refractivity (Wildman–Crippen MR) is 139 cm³/mol. The zero-order chi connectivity index (χ0) is 26.2. The molecule has 0 aliphatic carbocycles. The van der Waals surface area contributed by atoms with Gasteiger partial charge in [0.2, 0.25) is 11.8 Å². The Hall–Kier alpha value is -4.36. The molecule has 2 N–H and O–H groups in total. The zero-order valence-corrected chi connectivity index (χ0v) is 20.2. The highest BCUT2D eigenvalue weighted by Gasteiger charge is 2.68. The first kappa shape index (κ1) is 24.3. The number of carboxylic acid groups (broad SMARTS) is 1. The van der Waals surface area contributed by atoms with Crippen molar-refractivity contribution in [3.63, 3.8) is 0 Å². The van der Waals surface area contributed by atoms with Crippen LogP contribution in [0.2, 0.25) is 0 Å². The average molecular weight is 495 g/mol. The van der Waals surface area contributed by atoms with Crippen molar-refractivity contribution in [2.24, 2.45) is 11.8 Å². The number of nitrogens with one attached hydrogen (secondary N) is 1. The molecule has 3 aromatic carbocycles. The molecule has 186 valence electrons. The number of rotatable bonds is 7. The molecule has 3 aromatic rings. The molecule has 0 spiro atoms. The van der Waals surface area contributed by atoms with Crippen LogP contribution in [0.15, 0.2) is 91.0 Å². The summed E-state index contributed by atoms with van der Waals surface area (Å²) < 4.78 is 0. The van der Waals surface area contributed by atoms with Gasteiger partial charge in [-0.05, 0) is 42.3 Å². The molecule has 5 rings (SSSR count). The van der Waals surface area contributed by atoms with E-state index in [-0.39, 0.29) is 12.2 Å². The largest absolute Gasteiger partial charge is 0.480 e. The maximum atomic E-state index is 13.9. The normalized spacial score (nSPS) is 25.0. The molecule has 0 saturated carbocycles. The number of fused-ring (bicyclic) bond motifs is 1. The molecule has 2 aliphatic rings. The second kappa shape index (κ2) is 9.59. The minimum absolute atomic E-state index is 0.0378. The zero-order valence-electron chi connectivity index (χ0n) is 20.2. The van der Waals surface area contributed by atoms with E-state index in [1.807, 2.05) is 66.7 Å². The van der Waals surface area contributed by atoms with E-state index in [0.29, 0.717) is 11.3 Å². The van der Waals surface area contributed by atoms with Crippen molar-refractivity contribution in [2.45, 2.75) is 24.9 Å².